The van der Waals surface area contributed by atoms with Crippen molar-refractivity contribution >= 4 is 36.3 Å². The van der Waals surface area contributed by atoms with Gasteiger partial charge in [0.05, 0.1) is 13.1 Å². The van der Waals surface area contributed by atoms with Gasteiger partial charge >= 0.3 is 24.4 Å². The number of rotatable bonds is 17. The lowest BCUT2D eigenvalue weighted by Gasteiger charge is -2.14. The van der Waals surface area contributed by atoms with Crippen molar-refractivity contribution in [1.82, 2.24) is 21.3 Å². The Morgan fingerprint density at radius 3 is 1.17 bits per heavy atom. The molecule has 0 aliphatic heterocycles. The molecule has 6 aromatic rings. The number of nitrogens with zero attached hydrogens (tertiary/aromatic N) is 2. The standard InChI is InChI=1S/C50H48N6O10/c57-47(63-33-37-16-5-1-6-17-37)53-45(54-48(58)64-34-38-18-7-2-8-19-38)51-28-30-61-42-25-15-24-41(32-42)43-26-13-14-27-44(43)62-31-29-52-46(55-49(59)65-35-39-20-9-3-10-21-39)56-50(60)66-36-40-22-11-4-12-23-40/h1-27,32H,28-31,33-36H2,(H2,51,53,54,57,58)(H2,52,55,56,59,60). The molecule has 0 heterocycles. The smallest absolute Gasteiger partial charge is 0.414 e. The van der Waals surface area contributed by atoms with Crippen molar-refractivity contribution in [3.8, 4) is 22.6 Å². The average molecular weight is 893 g/mol. The molecule has 0 spiro atoms. The average Bonchev–Trinajstić information content (AvgIpc) is 3.35. The zero-order valence-electron chi connectivity index (χ0n) is 35.8. The van der Waals surface area contributed by atoms with E-state index in [2.05, 4.69) is 31.3 Å². The third-order valence-electron chi connectivity index (χ3n) is 9.01. The number of carbonyl (C=O) groups excluding carboxylic acids is 4. The van der Waals surface area contributed by atoms with Gasteiger partial charge in [0.25, 0.3) is 0 Å². The highest BCUT2D eigenvalue weighted by molar-refractivity contribution is 6.02. The largest absolute Gasteiger partial charge is 0.492 e. The van der Waals surface area contributed by atoms with Gasteiger partial charge in [-0.1, -0.05) is 152 Å². The molecule has 16 heteroatoms. The zero-order chi connectivity index (χ0) is 46.0. The van der Waals surface area contributed by atoms with Gasteiger partial charge < -0.3 is 28.4 Å². The summed E-state index contributed by atoms with van der Waals surface area (Å²) in [6, 6.07) is 51.3. The molecular formula is C50H48N6O10. The molecule has 0 radical (unpaired) electrons. The maximum Gasteiger partial charge on any atom is 0.414 e. The van der Waals surface area contributed by atoms with Crippen LogP contribution in [0.1, 0.15) is 22.3 Å². The number of hydrogen-bond acceptors (Lipinski definition) is 12. The highest BCUT2D eigenvalue weighted by Crippen LogP contribution is 2.32. The molecule has 338 valence electrons. The number of guanidine groups is 2. The molecule has 0 unspecified atom stereocenters. The summed E-state index contributed by atoms with van der Waals surface area (Å²) in [6.45, 7) is 0.266. The van der Waals surface area contributed by atoms with E-state index in [1.54, 1.807) is 12.1 Å². The number of para-hydroxylation sites is 1. The summed E-state index contributed by atoms with van der Waals surface area (Å²) in [5.74, 6) is 0.709. The van der Waals surface area contributed by atoms with E-state index in [9.17, 15) is 19.2 Å². The molecule has 4 amide bonds. The van der Waals surface area contributed by atoms with E-state index in [4.69, 9.17) is 28.4 Å². The Kier molecular flexibility index (Phi) is 18.5. The first kappa shape index (κ1) is 46.8. The topological polar surface area (TPSA) is 196 Å². The molecule has 4 N–H and O–H groups in total. The van der Waals surface area contributed by atoms with Gasteiger partial charge in [-0.2, -0.15) is 0 Å². The maximum absolute atomic E-state index is 12.7. The van der Waals surface area contributed by atoms with E-state index in [0.717, 1.165) is 33.4 Å². The molecule has 6 rings (SSSR count). The van der Waals surface area contributed by atoms with Crippen LogP contribution in [0.2, 0.25) is 0 Å². The van der Waals surface area contributed by atoms with Crippen molar-refractivity contribution in [1.29, 1.82) is 0 Å². The molecule has 16 nitrogen and oxygen atoms in total. The SMILES string of the molecule is O=C(NC(=NCCOc1cccc(-c2ccccc2OCCN=C(NC(=O)OCc2ccccc2)NC(=O)OCc2ccccc2)c1)NC(=O)OCc1ccccc1)OCc1ccccc1. The number of carbonyl (C=O) groups is 4. The van der Waals surface area contributed by atoms with Gasteiger partial charge in [0.1, 0.15) is 51.1 Å². The first-order valence-corrected chi connectivity index (χ1v) is 20.8. The van der Waals surface area contributed by atoms with Gasteiger partial charge in [0.15, 0.2) is 0 Å². The van der Waals surface area contributed by atoms with Crippen LogP contribution < -0.4 is 30.7 Å². The van der Waals surface area contributed by atoms with Crippen LogP contribution in [0.3, 0.4) is 0 Å². The van der Waals surface area contributed by atoms with Crippen LogP contribution in [-0.2, 0) is 45.4 Å². The minimum atomic E-state index is -0.826. The number of hydrogen-bond donors (Lipinski definition) is 4. The van der Waals surface area contributed by atoms with Crippen LogP contribution in [0.25, 0.3) is 11.1 Å². The van der Waals surface area contributed by atoms with E-state index >= 15 is 0 Å². The highest BCUT2D eigenvalue weighted by atomic mass is 16.6. The second kappa shape index (κ2) is 26.1. The van der Waals surface area contributed by atoms with E-state index in [-0.39, 0.29) is 64.6 Å². The van der Waals surface area contributed by atoms with E-state index in [1.165, 1.54) is 0 Å². The molecule has 0 fully saturated rings. The fraction of sp³-hybridized carbons (Fsp3) is 0.160. The van der Waals surface area contributed by atoms with Gasteiger partial charge in [-0.15, -0.1) is 0 Å². The molecule has 0 aromatic heterocycles. The van der Waals surface area contributed by atoms with Crippen LogP contribution >= 0.6 is 0 Å². The van der Waals surface area contributed by atoms with Crippen molar-refractivity contribution in [2.24, 2.45) is 9.98 Å². The zero-order valence-corrected chi connectivity index (χ0v) is 35.8. The van der Waals surface area contributed by atoms with Crippen LogP contribution in [-0.4, -0.2) is 62.6 Å². The van der Waals surface area contributed by atoms with Crippen molar-refractivity contribution in [2.75, 3.05) is 26.3 Å². The van der Waals surface area contributed by atoms with Crippen LogP contribution in [0.4, 0.5) is 19.2 Å². The summed E-state index contributed by atoms with van der Waals surface area (Å²) in [4.78, 5) is 59.4. The van der Waals surface area contributed by atoms with Gasteiger partial charge in [0.2, 0.25) is 11.9 Å². The second-order valence-electron chi connectivity index (χ2n) is 13.9. The van der Waals surface area contributed by atoms with Gasteiger partial charge in [-0.25, -0.2) is 29.2 Å². The van der Waals surface area contributed by atoms with Crippen LogP contribution in [0.15, 0.2) is 180 Å². The molecule has 0 atom stereocenters. The normalized spacial score (nSPS) is 10.2. The molecular weight excluding hydrogens is 845 g/mol. The van der Waals surface area contributed by atoms with Gasteiger partial charge in [-0.05, 0) is 46.0 Å². The monoisotopic (exact) mass is 892 g/mol. The highest BCUT2D eigenvalue weighted by Gasteiger charge is 2.15. The lowest BCUT2D eigenvalue weighted by Crippen LogP contribution is -2.44. The Labute approximate surface area is 381 Å². The van der Waals surface area contributed by atoms with Crippen molar-refractivity contribution in [3.63, 3.8) is 0 Å². The van der Waals surface area contributed by atoms with Gasteiger partial charge in [-0.3, -0.25) is 21.3 Å². The number of nitrogens with one attached hydrogen (secondary N) is 4. The lowest BCUT2D eigenvalue weighted by molar-refractivity contribution is 0.140. The fourth-order valence-corrected chi connectivity index (χ4v) is 5.86. The first-order valence-electron chi connectivity index (χ1n) is 20.8. The second-order valence-corrected chi connectivity index (χ2v) is 13.9. The Balaban J connectivity index is 1.04. The Hall–Kier alpha value is -8.66. The van der Waals surface area contributed by atoms with Crippen LogP contribution in [0, 0.1) is 0 Å². The molecule has 0 aliphatic carbocycles. The summed E-state index contributed by atoms with van der Waals surface area (Å²) in [6.07, 6.45) is -3.30. The maximum atomic E-state index is 12.7. The Morgan fingerprint density at radius 1 is 0.394 bits per heavy atom. The summed E-state index contributed by atoms with van der Waals surface area (Å²) < 4.78 is 33.4. The summed E-state index contributed by atoms with van der Waals surface area (Å²) in [7, 11) is 0. The predicted molar refractivity (Wildman–Crippen MR) is 247 cm³/mol. The molecule has 0 aliphatic rings. The van der Waals surface area contributed by atoms with Crippen molar-refractivity contribution in [2.45, 2.75) is 26.4 Å². The first-order chi connectivity index (χ1) is 32.4. The van der Waals surface area contributed by atoms with E-state index in [0.29, 0.717) is 11.5 Å². The van der Waals surface area contributed by atoms with Crippen LogP contribution in [0.5, 0.6) is 11.5 Å². The van der Waals surface area contributed by atoms with Crippen molar-refractivity contribution < 1.29 is 47.6 Å². The molecule has 0 saturated heterocycles. The minimum Gasteiger partial charge on any atom is -0.492 e. The third kappa shape index (κ3) is 16.9. The molecule has 66 heavy (non-hydrogen) atoms. The molecule has 0 bridgehead atoms. The van der Waals surface area contributed by atoms with Crippen molar-refractivity contribution in [3.05, 3.63) is 192 Å². The third-order valence-corrected chi connectivity index (χ3v) is 9.01. The summed E-state index contributed by atoms with van der Waals surface area (Å²) in [5, 5.41) is 9.89. The minimum absolute atomic E-state index is 0.0101. The Bertz CT molecular complexity index is 2410. The Morgan fingerprint density at radius 2 is 0.758 bits per heavy atom. The van der Waals surface area contributed by atoms with E-state index < -0.39 is 24.4 Å². The number of amides is 4. The molecule has 0 saturated carbocycles. The number of alkyl carbamates (subject to hydrolysis) is 4. The number of benzene rings is 6. The predicted octanol–water partition coefficient (Wildman–Crippen LogP) is 8.53. The lowest BCUT2D eigenvalue weighted by atomic mass is 10.0. The summed E-state index contributed by atoms with van der Waals surface area (Å²) in [5.41, 5.74) is 4.67. The van der Waals surface area contributed by atoms with E-state index in [1.807, 2.05) is 158 Å². The van der Waals surface area contributed by atoms with Gasteiger partial charge in [0, 0.05) is 5.56 Å². The number of ether oxygens (including phenoxy) is 6. The quantitative estimate of drug-likeness (QED) is 0.0298. The number of aliphatic imine (C=N–C) groups is 2. The fourth-order valence-electron chi connectivity index (χ4n) is 5.86. The summed E-state index contributed by atoms with van der Waals surface area (Å²) >= 11 is 0. The molecule has 6 aromatic carbocycles.